The summed E-state index contributed by atoms with van der Waals surface area (Å²) in [6, 6.07) is 0.409. The zero-order valence-electron chi connectivity index (χ0n) is 9.16. The molecule has 1 heterocycles. The number of nitrogens with zero attached hydrogens (tertiary/aromatic N) is 1. The highest BCUT2D eigenvalue weighted by Crippen LogP contribution is 2.29. The van der Waals surface area contributed by atoms with Gasteiger partial charge < -0.3 is 10.2 Å². The smallest absolute Gasteiger partial charge is 0.225 e. The number of hydrogen-bond acceptors (Lipinski definition) is 2. The molecule has 0 spiro atoms. The van der Waals surface area contributed by atoms with Crippen LogP contribution in [0.25, 0.3) is 0 Å². The third kappa shape index (κ3) is 1.98. The molecule has 0 unspecified atom stereocenters. The van der Waals surface area contributed by atoms with E-state index >= 15 is 0 Å². The summed E-state index contributed by atoms with van der Waals surface area (Å²) in [7, 11) is 1.63. The fraction of sp³-hybridized carbons (Fsp3) is 0.818. The Hall–Kier alpha value is -1.06. The molecule has 2 amide bonds. The molecule has 4 heteroatoms. The minimum atomic E-state index is -0.122. The van der Waals surface area contributed by atoms with Crippen LogP contribution in [0, 0.1) is 5.92 Å². The molecule has 2 fully saturated rings. The van der Waals surface area contributed by atoms with E-state index in [1.807, 2.05) is 4.90 Å². The first-order valence-electron chi connectivity index (χ1n) is 5.73. The quantitative estimate of drug-likeness (QED) is 0.722. The number of nitrogens with one attached hydrogen (secondary N) is 1. The standard InChI is InChI=1S/C11H18N2O2/c1-12-11(15)8-6-10(14)13(7-8)9-4-2-3-5-9/h8-9H,2-7H2,1H3,(H,12,15)/t8-/m1/s1. The molecule has 84 valence electrons. The molecule has 15 heavy (non-hydrogen) atoms. The van der Waals surface area contributed by atoms with Gasteiger partial charge in [-0.05, 0) is 12.8 Å². The van der Waals surface area contributed by atoms with E-state index < -0.39 is 0 Å². The van der Waals surface area contributed by atoms with Gasteiger partial charge in [0.2, 0.25) is 11.8 Å². The summed E-state index contributed by atoms with van der Waals surface area (Å²) in [6.07, 6.45) is 5.08. The molecular weight excluding hydrogens is 192 g/mol. The minimum absolute atomic E-state index is 0.00356. The van der Waals surface area contributed by atoms with E-state index in [9.17, 15) is 9.59 Å². The third-order valence-corrected chi connectivity index (χ3v) is 3.54. The largest absolute Gasteiger partial charge is 0.359 e. The van der Waals surface area contributed by atoms with Crippen LogP contribution >= 0.6 is 0 Å². The maximum atomic E-state index is 11.7. The molecule has 0 bridgehead atoms. The lowest BCUT2D eigenvalue weighted by atomic mass is 10.1. The highest BCUT2D eigenvalue weighted by Gasteiger charge is 2.38. The highest BCUT2D eigenvalue weighted by molar-refractivity contribution is 5.89. The first-order chi connectivity index (χ1) is 7.22. The summed E-state index contributed by atoms with van der Waals surface area (Å²) in [4.78, 5) is 25.1. The van der Waals surface area contributed by atoms with Gasteiger partial charge in [0.1, 0.15) is 0 Å². The van der Waals surface area contributed by atoms with Crippen LogP contribution in [0.5, 0.6) is 0 Å². The molecule has 0 aromatic rings. The normalized spacial score (nSPS) is 27.4. The summed E-state index contributed by atoms with van der Waals surface area (Å²) in [5, 5.41) is 2.62. The summed E-state index contributed by atoms with van der Waals surface area (Å²) >= 11 is 0. The van der Waals surface area contributed by atoms with Crippen molar-refractivity contribution in [3.05, 3.63) is 0 Å². The van der Waals surface area contributed by atoms with Crippen LogP contribution in [-0.4, -0.2) is 36.3 Å². The molecule has 0 aromatic carbocycles. The van der Waals surface area contributed by atoms with Crippen LogP contribution in [0.2, 0.25) is 0 Å². The number of carbonyl (C=O) groups excluding carboxylic acids is 2. The van der Waals surface area contributed by atoms with Crippen molar-refractivity contribution in [2.75, 3.05) is 13.6 Å². The summed E-state index contributed by atoms with van der Waals surface area (Å²) in [5.41, 5.74) is 0. The Balaban J connectivity index is 1.97. The average Bonchev–Trinajstić information content (AvgIpc) is 2.84. The molecule has 1 aliphatic heterocycles. The van der Waals surface area contributed by atoms with Crippen LogP contribution in [0.1, 0.15) is 32.1 Å². The Labute approximate surface area is 90.0 Å². The van der Waals surface area contributed by atoms with Crippen molar-refractivity contribution in [1.82, 2.24) is 10.2 Å². The fourth-order valence-corrected chi connectivity index (χ4v) is 2.68. The fourth-order valence-electron chi connectivity index (χ4n) is 2.68. The van der Waals surface area contributed by atoms with Crippen LogP contribution in [0.15, 0.2) is 0 Å². The second-order valence-corrected chi connectivity index (χ2v) is 4.50. The van der Waals surface area contributed by atoms with Crippen molar-refractivity contribution < 1.29 is 9.59 Å². The average molecular weight is 210 g/mol. The van der Waals surface area contributed by atoms with E-state index in [4.69, 9.17) is 0 Å². The zero-order chi connectivity index (χ0) is 10.8. The Morgan fingerprint density at radius 3 is 2.67 bits per heavy atom. The van der Waals surface area contributed by atoms with Crippen molar-refractivity contribution in [3.8, 4) is 0 Å². The molecule has 1 atom stereocenters. The molecule has 0 aromatic heterocycles. The molecule has 2 aliphatic rings. The first kappa shape index (κ1) is 10.5. The Morgan fingerprint density at radius 1 is 1.40 bits per heavy atom. The van der Waals surface area contributed by atoms with Gasteiger partial charge in [0, 0.05) is 26.1 Å². The van der Waals surface area contributed by atoms with Crippen LogP contribution in [0.3, 0.4) is 0 Å². The molecule has 0 radical (unpaired) electrons. The van der Waals surface area contributed by atoms with Crippen LogP contribution < -0.4 is 5.32 Å². The molecule has 4 nitrogen and oxygen atoms in total. The van der Waals surface area contributed by atoms with Gasteiger partial charge in [0.05, 0.1) is 5.92 Å². The lowest BCUT2D eigenvalue weighted by molar-refractivity contribution is -0.130. The van der Waals surface area contributed by atoms with Crippen molar-refractivity contribution in [2.45, 2.75) is 38.1 Å². The van der Waals surface area contributed by atoms with Crippen molar-refractivity contribution >= 4 is 11.8 Å². The summed E-state index contributed by atoms with van der Waals surface area (Å²) in [6.45, 7) is 0.628. The maximum Gasteiger partial charge on any atom is 0.225 e. The molecule has 1 saturated heterocycles. The van der Waals surface area contributed by atoms with E-state index in [1.54, 1.807) is 7.05 Å². The second-order valence-electron chi connectivity index (χ2n) is 4.50. The number of hydrogen-bond donors (Lipinski definition) is 1. The van der Waals surface area contributed by atoms with Gasteiger partial charge in [-0.2, -0.15) is 0 Å². The van der Waals surface area contributed by atoms with E-state index in [1.165, 1.54) is 12.8 Å². The van der Waals surface area contributed by atoms with Gasteiger partial charge in [-0.1, -0.05) is 12.8 Å². The molecular formula is C11H18N2O2. The van der Waals surface area contributed by atoms with E-state index in [0.717, 1.165) is 12.8 Å². The predicted octanol–water partition coefficient (Wildman–Crippen LogP) is 0.523. The minimum Gasteiger partial charge on any atom is -0.359 e. The van der Waals surface area contributed by atoms with Crippen LogP contribution in [0.4, 0.5) is 0 Å². The van der Waals surface area contributed by atoms with E-state index in [2.05, 4.69) is 5.32 Å². The second kappa shape index (κ2) is 4.21. The molecule has 1 aliphatic carbocycles. The number of amides is 2. The van der Waals surface area contributed by atoms with E-state index in [0.29, 0.717) is 19.0 Å². The van der Waals surface area contributed by atoms with Gasteiger partial charge in [-0.25, -0.2) is 0 Å². The van der Waals surface area contributed by atoms with Gasteiger partial charge in [0.25, 0.3) is 0 Å². The van der Waals surface area contributed by atoms with Crippen molar-refractivity contribution in [1.29, 1.82) is 0 Å². The summed E-state index contributed by atoms with van der Waals surface area (Å²) < 4.78 is 0. The number of likely N-dealkylation sites (tertiary alicyclic amines) is 1. The summed E-state index contributed by atoms with van der Waals surface area (Å²) in [5.74, 6) is 0.0439. The molecule has 1 saturated carbocycles. The number of rotatable bonds is 2. The van der Waals surface area contributed by atoms with Crippen molar-refractivity contribution in [3.63, 3.8) is 0 Å². The lowest BCUT2D eigenvalue weighted by Gasteiger charge is -2.23. The Bertz CT molecular complexity index is 272. The Kier molecular flexibility index (Phi) is 2.93. The van der Waals surface area contributed by atoms with Gasteiger partial charge in [-0.15, -0.1) is 0 Å². The topological polar surface area (TPSA) is 49.4 Å². The monoisotopic (exact) mass is 210 g/mol. The predicted molar refractivity (Wildman–Crippen MR) is 56.1 cm³/mol. The lowest BCUT2D eigenvalue weighted by Crippen LogP contribution is -2.36. The number of carbonyl (C=O) groups is 2. The van der Waals surface area contributed by atoms with Crippen molar-refractivity contribution in [2.24, 2.45) is 5.92 Å². The van der Waals surface area contributed by atoms with Gasteiger partial charge in [0.15, 0.2) is 0 Å². The molecule has 1 N–H and O–H groups in total. The SMILES string of the molecule is CNC(=O)[C@@H]1CC(=O)N(C2CCCC2)C1. The molecule has 2 rings (SSSR count). The third-order valence-electron chi connectivity index (χ3n) is 3.54. The van der Waals surface area contributed by atoms with Crippen LogP contribution in [-0.2, 0) is 9.59 Å². The Morgan fingerprint density at radius 2 is 2.07 bits per heavy atom. The van der Waals surface area contributed by atoms with E-state index in [-0.39, 0.29) is 17.7 Å². The zero-order valence-corrected chi connectivity index (χ0v) is 9.16. The highest BCUT2D eigenvalue weighted by atomic mass is 16.2. The maximum absolute atomic E-state index is 11.7. The van der Waals surface area contributed by atoms with Gasteiger partial charge in [-0.3, -0.25) is 9.59 Å². The first-order valence-corrected chi connectivity index (χ1v) is 5.73. The van der Waals surface area contributed by atoms with Gasteiger partial charge >= 0.3 is 0 Å².